The molecular weight excluding hydrogens is 126 g/mol. The Morgan fingerprint density at radius 1 is 1.20 bits per heavy atom. The van der Waals surface area contributed by atoms with Crippen LogP contribution < -0.4 is 0 Å². The van der Waals surface area contributed by atoms with Gasteiger partial charge in [-0.2, -0.15) is 0 Å². The van der Waals surface area contributed by atoms with Crippen LogP contribution >= 0.6 is 0 Å². The third-order valence-corrected chi connectivity index (χ3v) is 1.31. The maximum absolute atomic E-state index is 10.9. The minimum Gasteiger partial charge on any atom is -0.302 e. The molecule has 0 amide bonds. The zero-order valence-corrected chi connectivity index (χ0v) is 6.74. The standard InChI is InChI=1S/C8H15NO/c1-3-5-7(9)8(10)6-4-2/h9H,3-6H2,1-2H3. The van der Waals surface area contributed by atoms with Crippen LogP contribution in [0.3, 0.4) is 0 Å². The molecule has 0 aromatic rings. The van der Waals surface area contributed by atoms with E-state index in [1.807, 2.05) is 13.8 Å². The minimum absolute atomic E-state index is 0.0179. The van der Waals surface area contributed by atoms with Crippen molar-refractivity contribution >= 4 is 11.5 Å². The lowest BCUT2D eigenvalue weighted by Crippen LogP contribution is -2.11. The van der Waals surface area contributed by atoms with Gasteiger partial charge in [-0.1, -0.05) is 20.3 Å². The van der Waals surface area contributed by atoms with Crippen LogP contribution in [0.5, 0.6) is 0 Å². The number of nitrogens with one attached hydrogen (secondary N) is 1. The molecule has 0 fully saturated rings. The topological polar surface area (TPSA) is 40.9 Å². The van der Waals surface area contributed by atoms with Crippen LogP contribution in [0.4, 0.5) is 0 Å². The van der Waals surface area contributed by atoms with E-state index in [1.54, 1.807) is 0 Å². The van der Waals surface area contributed by atoms with Gasteiger partial charge in [0.05, 0.1) is 5.71 Å². The van der Waals surface area contributed by atoms with E-state index in [0.717, 1.165) is 12.8 Å². The summed E-state index contributed by atoms with van der Waals surface area (Å²) in [7, 11) is 0. The van der Waals surface area contributed by atoms with Crippen molar-refractivity contribution in [3.8, 4) is 0 Å². The first-order chi connectivity index (χ1) is 4.72. The summed E-state index contributed by atoms with van der Waals surface area (Å²) < 4.78 is 0. The first-order valence-corrected chi connectivity index (χ1v) is 3.83. The molecule has 0 aliphatic rings. The van der Waals surface area contributed by atoms with Crippen LogP contribution in [-0.4, -0.2) is 11.5 Å². The van der Waals surface area contributed by atoms with Gasteiger partial charge in [0.15, 0.2) is 5.78 Å². The van der Waals surface area contributed by atoms with E-state index in [-0.39, 0.29) is 5.78 Å². The van der Waals surface area contributed by atoms with Crippen LogP contribution in [0, 0.1) is 5.41 Å². The number of hydrogen-bond acceptors (Lipinski definition) is 2. The maximum atomic E-state index is 10.9. The van der Waals surface area contributed by atoms with E-state index >= 15 is 0 Å². The third-order valence-electron chi connectivity index (χ3n) is 1.31. The minimum atomic E-state index is 0.0179. The normalized spacial score (nSPS) is 9.40. The Kier molecular flexibility index (Phi) is 4.81. The highest BCUT2D eigenvalue weighted by Gasteiger charge is 2.05. The summed E-state index contributed by atoms with van der Waals surface area (Å²) in [5.74, 6) is 0.0179. The van der Waals surface area contributed by atoms with Crippen LogP contribution in [-0.2, 0) is 4.79 Å². The fourth-order valence-corrected chi connectivity index (χ4v) is 0.767. The van der Waals surface area contributed by atoms with Crippen LogP contribution in [0.2, 0.25) is 0 Å². The summed E-state index contributed by atoms with van der Waals surface area (Å²) in [5.41, 5.74) is 0.296. The number of carbonyl (C=O) groups is 1. The number of carbonyl (C=O) groups excluding carboxylic acids is 1. The quantitative estimate of drug-likeness (QED) is 0.586. The molecule has 0 spiro atoms. The summed E-state index contributed by atoms with van der Waals surface area (Å²) in [6, 6.07) is 0. The van der Waals surface area contributed by atoms with E-state index in [0.29, 0.717) is 18.6 Å². The third kappa shape index (κ3) is 3.38. The molecule has 0 aliphatic heterocycles. The number of ketones is 1. The van der Waals surface area contributed by atoms with Crippen molar-refractivity contribution in [1.29, 1.82) is 5.41 Å². The highest BCUT2D eigenvalue weighted by Crippen LogP contribution is 1.96. The first kappa shape index (κ1) is 9.34. The van der Waals surface area contributed by atoms with E-state index in [2.05, 4.69) is 0 Å². The Hall–Kier alpha value is -0.660. The molecule has 58 valence electrons. The first-order valence-electron chi connectivity index (χ1n) is 3.83. The second-order valence-electron chi connectivity index (χ2n) is 2.40. The fraction of sp³-hybridized carbons (Fsp3) is 0.750. The smallest absolute Gasteiger partial charge is 0.176 e. The predicted octanol–water partition coefficient (Wildman–Crippen LogP) is 2.18. The van der Waals surface area contributed by atoms with Gasteiger partial charge in [0.2, 0.25) is 0 Å². The largest absolute Gasteiger partial charge is 0.302 e. The number of hydrogen-bond donors (Lipinski definition) is 1. The van der Waals surface area contributed by atoms with Crippen molar-refractivity contribution in [1.82, 2.24) is 0 Å². The molecule has 0 aromatic carbocycles. The Morgan fingerprint density at radius 2 is 1.70 bits per heavy atom. The van der Waals surface area contributed by atoms with Crippen LogP contribution in [0.25, 0.3) is 0 Å². The number of Topliss-reactive ketones (excluding diaryl/α,β-unsaturated/α-hetero) is 1. The Balaban J connectivity index is 3.60. The summed E-state index contributed by atoms with van der Waals surface area (Å²) in [5, 5.41) is 7.25. The Morgan fingerprint density at radius 3 is 2.10 bits per heavy atom. The highest BCUT2D eigenvalue weighted by atomic mass is 16.1. The molecule has 0 atom stereocenters. The van der Waals surface area contributed by atoms with Gasteiger partial charge in [0.25, 0.3) is 0 Å². The molecule has 0 rings (SSSR count). The maximum Gasteiger partial charge on any atom is 0.176 e. The molecule has 2 nitrogen and oxygen atoms in total. The molecule has 0 heterocycles. The molecule has 0 saturated heterocycles. The second kappa shape index (κ2) is 5.15. The van der Waals surface area contributed by atoms with Crippen molar-refractivity contribution in [3.05, 3.63) is 0 Å². The molecule has 0 radical (unpaired) electrons. The van der Waals surface area contributed by atoms with E-state index < -0.39 is 0 Å². The molecule has 0 saturated carbocycles. The Bertz CT molecular complexity index is 113. The number of rotatable bonds is 5. The van der Waals surface area contributed by atoms with Crippen LogP contribution in [0.1, 0.15) is 39.5 Å². The fourth-order valence-electron chi connectivity index (χ4n) is 0.767. The highest BCUT2D eigenvalue weighted by molar-refractivity contribution is 6.38. The van der Waals surface area contributed by atoms with Crippen molar-refractivity contribution in [2.24, 2.45) is 0 Å². The molecular formula is C8H15NO. The second-order valence-corrected chi connectivity index (χ2v) is 2.40. The monoisotopic (exact) mass is 141 g/mol. The lowest BCUT2D eigenvalue weighted by Gasteiger charge is -1.97. The van der Waals surface area contributed by atoms with Gasteiger partial charge in [0.1, 0.15) is 0 Å². The van der Waals surface area contributed by atoms with E-state index in [4.69, 9.17) is 5.41 Å². The average molecular weight is 141 g/mol. The molecule has 10 heavy (non-hydrogen) atoms. The zero-order chi connectivity index (χ0) is 7.98. The molecule has 0 unspecified atom stereocenters. The van der Waals surface area contributed by atoms with Crippen molar-refractivity contribution in [2.45, 2.75) is 39.5 Å². The van der Waals surface area contributed by atoms with Crippen molar-refractivity contribution < 1.29 is 4.79 Å². The Labute approximate surface area is 62.1 Å². The van der Waals surface area contributed by atoms with Gasteiger partial charge in [-0.3, -0.25) is 4.79 Å². The lowest BCUT2D eigenvalue weighted by atomic mass is 10.1. The molecule has 0 aromatic heterocycles. The molecule has 2 heteroatoms. The van der Waals surface area contributed by atoms with Gasteiger partial charge < -0.3 is 5.41 Å². The summed E-state index contributed by atoms with van der Waals surface area (Å²) in [6.45, 7) is 3.94. The van der Waals surface area contributed by atoms with Gasteiger partial charge >= 0.3 is 0 Å². The summed E-state index contributed by atoms with van der Waals surface area (Å²) in [4.78, 5) is 10.9. The molecule has 1 N–H and O–H groups in total. The lowest BCUT2D eigenvalue weighted by molar-refractivity contribution is -0.113. The van der Waals surface area contributed by atoms with Gasteiger partial charge in [0, 0.05) is 6.42 Å². The van der Waals surface area contributed by atoms with E-state index in [1.165, 1.54) is 0 Å². The molecule has 0 bridgehead atoms. The van der Waals surface area contributed by atoms with E-state index in [9.17, 15) is 4.79 Å². The van der Waals surface area contributed by atoms with Gasteiger partial charge in [-0.05, 0) is 12.8 Å². The van der Waals surface area contributed by atoms with Gasteiger partial charge in [-0.15, -0.1) is 0 Å². The summed E-state index contributed by atoms with van der Waals surface area (Å²) >= 11 is 0. The SMILES string of the molecule is CCCC(=N)C(=O)CCC. The van der Waals surface area contributed by atoms with Crippen LogP contribution in [0.15, 0.2) is 0 Å². The molecule has 0 aliphatic carbocycles. The predicted molar refractivity (Wildman–Crippen MR) is 42.5 cm³/mol. The summed E-state index contributed by atoms with van der Waals surface area (Å²) in [6.07, 6.45) is 2.93. The zero-order valence-electron chi connectivity index (χ0n) is 6.74. The van der Waals surface area contributed by atoms with Crippen molar-refractivity contribution in [3.63, 3.8) is 0 Å². The van der Waals surface area contributed by atoms with Crippen molar-refractivity contribution in [2.75, 3.05) is 0 Å². The average Bonchev–Trinajstić information content (AvgIpc) is 1.89. The van der Waals surface area contributed by atoms with Gasteiger partial charge in [-0.25, -0.2) is 0 Å².